The van der Waals surface area contributed by atoms with E-state index in [0.29, 0.717) is 38.5 Å². The maximum absolute atomic E-state index is 12.6. The molecule has 0 bridgehead atoms. The number of hydrogen-bond donors (Lipinski definition) is 0. The van der Waals surface area contributed by atoms with Gasteiger partial charge in [0.2, 0.25) is 0 Å². The van der Waals surface area contributed by atoms with Crippen LogP contribution < -0.4 is 14.4 Å². The van der Waals surface area contributed by atoms with Crippen LogP contribution >= 0.6 is 0 Å². The van der Waals surface area contributed by atoms with E-state index >= 15 is 0 Å². The first-order valence-electron chi connectivity index (χ1n) is 11.4. The fraction of sp³-hybridized carbons (Fsp3) is 0.346. The minimum Gasteiger partial charge on any atom is -0.494 e. The summed E-state index contributed by atoms with van der Waals surface area (Å²) in [6.07, 6.45) is 0.964. The van der Waals surface area contributed by atoms with Crippen molar-refractivity contribution < 1.29 is 14.3 Å². The van der Waals surface area contributed by atoms with Gasteiger partial charge in [-0.2, -0.15) is 0 Å². The lowest BCUT2D eigenvalue weighted by molar-refractivity contribution is -0.133. The van der Waals surface area contributed by atoms with Gasteiger partial charge in [0, 0.05) is 31.7 Å². The third-order valence-corrected chi connectivity index (χ3v) is 5.61. The molecule has 1 aliphatic rings. The Bertz CT molecular complexity index is 1030. The van der Waals surface area contributed by atoms with Gasteiger partial charge in [-0.25, -0.2) is 0 Å². The van der Waals surface area contributed by atoms with Crippen LogP contribution in [0.2, 0.25) is 0 Å². The van der Waals surface area contributed by atoms with E-state index in [0.717, 1.165) is 29.2 Å². The molecule has 7 nitrogen and oxygen atoms in total. The monoisotopic (exact) mass is 446 g/mol. The summed E-state index contributed by atoms with van der Waals surface area (Å²) >= 11 is 0. The van der Waals surface area contributed by atoms with E-state index in [1.165, 1.54) is 5.56 Å². The van der Waals surface area contributed by atoms with Gasteiger partial charge in [-0.3, -0.25) is 4.79 Å². The van der Waals surface area contributed by atoms with Gasteiger partial charge in [0.05, 0.1) is 12.3 Å². The zero-order valence-corrected chi connectivity index (χ0v) is 19.2. The first-order valence-corrected chi connectivity index (χ1v) is 11.4. The molecule has 1 aromatic heterocycles. The number of piperazine rings is 1. The molecular formula is C26H30N4O3. The number of rotatable bonds is 8. The lowest BCUT2D eigenvalue weighted by atomic mass is 10.1. The van der Waals surface area contributed by atoms with Crippen LogP contribution in [0.3, 0.4) is 0 Å². The number of carbonyl (C=O) groups is 1. The van der Waals surface area contributed by atoms with E-state index in [9.17, 15) is 4.79 Å². The maximum Gasteiger partial charge on any atom is 0.260 e. The van der Waals surface area contributed by atoms with Gasteiger partial charge < -0.3 is 19.3 Å². The standard InChI is InChI=1S/C26H30N4O3/c1-3-18-32-22-8-10-23(11-9-22)33-19-26(31)30-16-14-29(15-17-30)25-13-12-24(27-28-25)21-6-4-20(2)5-7-21/h4-13H,3,14-19H2,1-2H3. The number of benzene rings is 2. The molecule has 0 spiro atoms. The smallest absolute Gasteiger partial charge is 0.260 e. The van der Waals surface area contributed by atoms with E-state index in [2.05, 4.69) is 53.2 Å². The van der Waals surface area contributed by atoms with Crippen molar-refractivity contribution in [1.82, 2.24) is 15.1 Å². The largest absolute Gasteiger partial charge is 0.494 e. The van der Waals surface area contributed by atoms with E-state index in [1.807, 2.05) is 41.3 Å². The van der Waals surface area contributed by atoms with Crippen LogP contribution in [0.4, 0.5) is 5.82 Å². The number of aromatic nitrogens is 2. The zero-order valence-electron chi connectivity index (χ0n) is 19.2. The van der Waals surface area contributed by atoms with E-state index in [1.54, 1.807) is 0 Å². The third-order valence-electron chi connectivity index (χ3n) is 5.61. The van der Waals surface area contributed by atoms with Crippen LogP contribution in [0, 0.1) is 6.92 Å². The molecule has 33 heavy (non-hydrogen) atoms. The highest BCUT2D eigenvalue weighted by Gasteiger charge is 2.22. The number of hydrogen-bond acceptors (Lipinski definition) is 6. The van der Waals surface area contributed by atoms with Crippen LogP contribution in [0.1, 0.15) is 18.9 Å². The Hall–Kier alpha value is -3.61. The number of carbonyl (C=O) groups excluding carboxylic acids is 1. The molecule has 0 saturated carbocycles. The lowest BCUT2D eigenvalue weighted by Crippen LogP contribution is -2.50. The fourth-order valence-electron chi connectivity index (χ4n) is 3.65. The molecule has 1 fully saturated rings. The summed E-state index contributed by atoms with van der Waals surface area (Å²) in [5.74, 6) is 2.29. The van der Waals surface area contributed by atoms with Crippen molar-refractivity contribution >= 4 is 11.7 Å². The second-order valence-electron chi connectivity index (χ2n) is 8.12. The van der Waals surface area contributed by atoms with Crippen molar-refractivity contribution in [2.45, 2.75) is 20.3 Å². The van der Waals surface area contributed by atoms with Gasteiger partial charge in [-0.05, 0) is 49.7 Å². The number of nitrogens with zero attached hydrogens (tertiary/aromatic N) is 4. The number of ether oxygens (including phenoxy) is 2. The number of anilines is 1. The Morgan fingerprint density at radius 1 is 0.848 bits per heavy atom. The number of amides is 1. The Morgan fingerprint density at radius 3 is 2.12 bits per heavy atom. The molecule has 0 N–H and O–H groups in total. The van der Waals surface area contributed by atoms with Gasteiger partial charge in [-0.15, -0.1) is 10.2 Å². The average Bonchev–Trinajstić information content (AvgIpc) is 2.87. The molecule has 2 heterocycles. The molecule has 0 radical (unpaired) electrons. The molecule has 4 rings (SSSR count). The first kappa shape index (κ1) is 22.6. The normalized spacial score (nSPS) is 13.6. The third kappa shape index (κ3) is 6.00. The molecule has 3 aromatic rings. The number of aryl methyl sites for hydroxylation is 1. The highest BCUT2D eigenvalue weighted by molar-refractivity contribution is 5.78. The fourth-order valence-corrected chi connectivity index (χ4v) is 3.65. The predicted molar refractivity (Wildman–Crippen MR) is 129 cm³/mol. The Balaban J connectivity index is 1.24. The van der Waals surface area contributed by atoms with Crippen LogP contribution in [-0.4, -0.2) is 60.4 Å². The van der Waals surface area contributed by atoms with Gasteiger partial charge in [0.15, 0.2) is 12.4 Å². The summed E-state index contributed by atoms with van der Waals surface area (Å²) < 4.78 is 11.2. The SMILES string of the molecule is CCCOc1ccc(OCC(=O)N2CCN(c3ccc(-c4ccc(C)cc4)nn3)CC2)cc1. The molecule has 0 atom stereocenters. The van der Waals surface area contributed by atoms with Crippen LogP contribution in [-0.2, 0) is 4.79 Å². The van der Waals surface area contributed by atoms with Crippen molar-refractivity contribution in [3.8, 4) is 22.8 Å². The molecule has 0 aliphatic carbocycles. The average molecular weight is 447 g/mol. The zero-order chi connectivity index (χ0) is 23.0. The Morgan fingerprint density at radius 2 is 1.52 bits per heavy atom. The quantitative estimate of drug-likeness (QED) is 0.522. The van der Waals surface area contributed by atoms with Crippen LogP contribution in [0.5, 0.6) is 11.5 Å². The Labute approximate surface area is 195 Å². The van der Waals surface area contributed by atoms with Gasteiger partial charge in [0.25, 0.3) is 5.91 Å². The van der Waals surface area contributed by atoms with Crippen molar-refractivity contribution in [3.05, 3.63) is 66.2 Å². The summed E-state index contributed by atoms with van der Waals surface area (Å²) in [6.45, 7) is 7.55. The van der Waals surface area contributed by atoms with Crippen LogP contribution in [0.15, 0.2) is 60.7 Å². The summed E-state index contributed by atoms with van der Waals surface area (Å²) in [5.41, 5.74) is 3.13. The van der Waals surface area contributed by atoms with Crippen molar-refractivity contribution in [2.24, 2.45) is 0 Å². The summed E-state index contributed by atoms with van der Waals surface area (Å²) in [7, 11) is 0. The topological polar surface area (TPSA) is 67.8 Å². The maximum atomic E-state index is 12.6. The van der Waals surface area contributed by atoms with Gasteiger partial charge >= 0.3 is 0 Å². The lowest BCUT2D eigenvalue weighted by Gasteiger charge is -2.35. The molecular weight excluding hydrogens is 416 g/mol. The summed E-state index contributed by atoms with van der Waals surface area (Å²) in [5, 5.41) is 8.80. The summed E-state index contributed by atoms with van der Waals surface area (Å²) in [4.78, 5) is 16.6. The molecule has 7 heteroatoms. The molecule has 1 aliphatic heterocycles. The summed E-state index contributed by atoms with van der Waals surface area (Å²) in [6, 6.07) is 19.6. The van der Waals surface area contributed by atoms with Crippen molar-refractivity contribution in [2.75, 3.05) is 44.3 Å². The molecule has 0 unspecified atom stereocenters. The minimum atomic E-state index is -0.0123. The molecule has 1 amide bonds. The highest BCUT2D eigenvalue weighted by Crippen LogP contribution is 2.20. The van der Waals surface area contributed by atoms with E-state index in [4.69, 9.17) is 9.47 Å². The van der Waals surface area contributed by atoms with Crippen molar-refractivity contribution in [3.63, 3.8) is 0 Å². The Kier molecular flexibility index (Phi) is 7.40. The van der Waals surface area contributed by atoms with Crippen molar-refractivity contribution in [1.29, 1.82) is 0 Å². The van der Waals surface area contributed by atoms with E-state index in [-0.39, 0.29) is 12.5 Å². The first-order chi connectivity index (χ1) is 16.1. The van der Waals surface area contributed by atoms with E-state index < -0.39 is 0 Å². The minimum absolute atomic E-state index is 0.0123. The molecule has 2 aromatic carbocycles. The second-order valence-corrected chi connectivity index (χ2v) is 8.12. The molecule has 1 saturated heterocycles. The predicted octanol–water partition coefficient (Wildman–Crippen LogP) is 3.97. The van der Waals surface area contributed by atoms with Gasteiger partial charge in [0.1, 0.15) is 11.5 Å². The molecule has 172 valence electrons. The second kappa shape index (κ2) is 10.8. The van der Waals surface area contributed by atoms with Crippen LogP contribution in [0.25, 0.3) is 11.3 Å². The highest BCUT2D eigenvalue weighted by atomic mass is 16.5. The van der Waals surface area contributed by atoms with Gasteiger partial charge in [-0.1, -0.05) is 36.8 Å².